The molecule has 2 aromatic heterocycles. The largest absolute Gasteiger partial charge is 0.383 e. The van der Waals surface area contributed by atoms with E-state index >= 15 is 0 Å². The predicted octanol–water partition coefficient (Wildman–Crippen LogP) is 4.32. The average molecular weight is 430 g/mol. The van der Waals surface area contributed by atoms with Crippen molar-refractivity contribution in [3.05, 3.63) is 63.6 Å². The van der Waals surface area contributed by atoms with Crippen molar-refractivity contribution in [2.24, 2.45) is 0 Å². The van der Waals surface area contributed by atoms with Crippen LogP contribution in [0.1, 0.15) is 33.1 Å². The van der Waals surface area contributed by atoms with E-state index < -0.39 is 0 Å². The summed E-state index contributed by atoms with van der Waals surface area (Å²) in [5, 5.41) is 4.87. The summed E-state index contributed by atoms with van der Waals surface area (Å²) >= 11 is 7.83. The Morgan fingerprint density at radius 1 is 1.34 bits per heavy atom. The van der Waals surface area contributed by atoms with Crippen LogP contribution in [0.2, 0.25) is 5.02 Å². The van der Waals surface area contributed by atoms with Crippen LogP contribution in [0.25, 0.3) is 10.2 Å². The molecule has 3 aromatic rings. The number of pyridine rings is 1. The van der Waals surface area contributed by atoms with Gasteiger partial charge < -0.3 is 10.1 Å². The van der Waals surface area contributed by atoms with Crippen molar-refractivity contribution in [3.8, 4) is 0 Å². The summed E-state index contributed by atoms with van der Waals surface area (Å²) in [6.07, 6.45) is 2.80. The molecule has 1 amide bonds. The van der Waals surface area contributed by atoms with E-state index in [1.807, 2.05) is 24.3 Å². The van der Waals surface area contributed by atoms with Crippen LogP contribution in [0.4, 0.5) is 0 Å². The van der Waals surface area contributed by atoms with Crippen LogP contribution in [-0.2, 0) is 11.3 Å². The van der Waals surface area contributed by atoms with Crippen LogP contribution in [0.15, 0.2) is 42.6 Å². The van der Waals surface area contributed by atoms with E-state index in [0.717, 1.165) is 57.3 Å². The van der Waals surface area contributed by atoms with Gasteiger partial charge in [-0.05, 0) is 36.2 Å². The second kappa shape index (κ2) is 9.22. The molecule has 1 N–H and O–H groups in total. The molecule has 1 aliphatic rings. The van der Waals surface area contributed by atoms with E-state index in [1.165, 1.54) is 11.3 Å². The van der Waals surface area contributed by atoms with Gasteiger partial charge in [-0.2, -0.15) is 0 Å². The quantitative estimate of drug-likeness (QED) is 0.568. The SMILES string of the molecule is COCCNC(=O)c1sc2ncccc2c1[C@@H]1CCN(Cc2ccccc2Cl)C1. The monoisotopic (exact) mass is 429 g/mol. The summed E-state index contributed by atoms with van der Waals surface area (Å²) in [5.41, 5.74) is 2.28. The van der Waals surface area contributed by atoms with Crippen molar-refractivity contribution in [2.75, 3.05) is 33.4 Å². The maximum atomic E-state index is 12.9. The standard InChI is InChI=1S/C22H24ClN3O2S/c1-28-12-10-24-21(27)20-19(17-6-4-9-25-22(17)29-20)16-8-11-26(14-16)13-15-5-2-3-7-18(15)23/h2-7,9,16H,8,10-14H2,1H3,(H,24,27)/t16-/m1/s1. The molecule has 0 bridgehead atoms. The Morgan fingerprint density at radius 3 is 3.03 bits per heavy atom. The fraction of sp³-hybridized carbons (Fsp3) is 0.364. The van der Waals surface area contributed by atoms with Gasteiger partial charge in [-0.25, -0.2) is 4.98 Å². The van der Waals surface area contributed by atoms with Gasteiger partial charge in [0, 0.05) is 49.3 Å². The van der Waals surface area contributed by atoms with Gasteiger partial charge in [-0.1, -0.05) is 35.9 Å². The zero-order valence-electron chi connectivity index (χ0n) is 16.4. The second-order valence-corrected chi connectivity index (χ2v) is 8.67. The molecule has 0 radical (unpaired) electrons. The summed E-state index contributed by atoms with van der Waals surface area (Å²) in [7, 11) is 1.63. The molecule has 152 valence electrons. The van der Waals surface area contributed by atoms with Crippen molar-refractivity contribution in [3.63, 3.8) is 0 Å². The second-order valence-electron chi connectivity index (χ2n) is 7.26. The number of thiophene rings is 1. The topological polar surface area (TPSA) is 54.5 Å². The number of hydrogen-bond donors (Lipinski definition) is 1. The van der Waals surface area contributed by atoms with Gasteiger partial charge in [0.1, 0.15) is 4.83 Å². The number of amides is 1. The number of halogens is 1. The fourth-order valence-electron chi connectivity index (χ4n) is 3.95. The number of nitrogens with one attached hydrogen (secondary N) is 1. The number of hydrogen-bond acceptors (Lipinski definition) is 5. The molecular weight excluding hydrogens is 406 g/mol. The minimum atomic E-state index is -0.0374. The Labute approximate surface area is 179 Å². The van der Waals surface area contributed by atoms with Gasteiger partial charge in [-0.15, -0.1) is 11.3 Å². The molecule has 0 aliphatic carbocycles. The van der Waals surface area contributed by atoms with E-state index in [-0.39, 0.29) is 5.91 Å². The smallest absolute Gasteiger partial charge is 0.261 e. The Kier molecular flexibility index (Phi) is 6.45. The first-order valence-corrected chi connectivity index (χ1v) is 11.0. The molecule has 4 rings (SSSR count). The molecule has 1 aliphatic heterocycles. The Hall–Kier alpha value is -1.99. The predicted molar refractivity (Wildman–Crippen MR) is 118 cm³/mol. The average Bonchev–Trinajstić information content (AvgIpc) is 3.34. The molecule has 29 heavy (non-hydrogen) atoms. The molecular formula is C22H24ClN3O2S. The van der Waals surface area contributed by atoms with Crippen LogP contribution in [0.3, 0.4) is 0 Å². The molecule has 1 atom stereocenters. The molecule has 1 aromatic carbocycles. The summed E-state index contributed by atoms with van der Waals surface area (Å²) in [4.78, 5) is 21.5. The van der Waals surface area contributed by atoms with E-state index in [1.54, 1.807) is 13.3 Å². The minimum Gasteiger partial charge on any atom is -0.383 e. The van der Waals surface area contributed by atoms with Crippen molar-refractivity contribution >= 4 is 39.1 Å². The highest BCUT2D eigenvalue weighted by Gasteiger charge is 2.31. The van der Waals surface area contributed by atoms with Crippen molar-refractivity contribution < 1.29 is 9.53 Å². The van der Waals surface area contributed by atoms with E-state index in [4.69, 9.17) is 16.3 Å². The molecule has 1 saturated heterocycles. The lowest BCUT2D eigenvalue weighted by Gasteiger charge is -2.17. The lowest BCUT2D eigenvalue weighted by atomic mass is 9.95. The minimum absolute atomic E-state index is 0.0374. The van der Waals surface area contributed by atoms with Crippen LogP contribution in [0, 0.1) is 0 Å². The van der Waals surface area contributed by atoms with Crippen LogP contribution < -0.4 is 5.32 Å². The van der Waals surface area contributed by atoms with Crippen LogP contribution >= 0.6 is 22.9 Å². The molecule has 0 spiro atoms. The van der Waals surface area contributed by atoms with E-state index in [0.29, 0.717) is 19.1 Å². The van der Waals surface area contributed by atoms with E-state index in [2.05, 4.69) is 27.3 Å². The van der Waals surface area contributed by atoms with Gasteiger partial charge in [-0.3, -0.25) is 9.69 Å². The maximum absolute atomic E-state index is 12.9. The number of carbonyl (C=O) groups is 1. The maximum Gasteiger partial charge on any atom is 0.261 e. The highest BCUT2D eigenvalue weighted by Crippen LogP contribution is 2.39. The number of aromatic nitrogens is 1. The van der Waals surface area contributed by atoms with Gasteiger partial charge in [0.15, 0.2) is 0 Å². The number of benzene rings is 1. The van der Waals surface area contributed by atoms with Crippen molar-refractivity contribution in [1.82, 2.24) is 15.2 Å². The third kappa shape index (κ3) is 4.46. The highest BCUT2D eigenvalue weighted by molar-refractivity contribution is 7.20. The zero-order valence-corrected chi connectivity index (χ0v) is 17.9. The number of nitrogens with zero attached hydrogens (tertiary/aromatic N) is 2. The highest BCUT2D eigenvalue weighted by atomic mass is 35.5. The van der Waals surface area contributed by atoms with Gasteiger partial charge in [0.2, 0.25) is 0 Å². The van der Waals surface area contributed by atoms with Gasteiger partial charge in [0.05, 0.1) is 11.5 Å². The normalized spacial score (nSPS) is 17.1. The zero-order chi connectivity index (χ0) is 20.2. The first-order chi connectivity index (χ1) is 14.2. The van der Waals surface area contributed by atoms with Crippen LogP contribution in [0.5, 0.6) is 0 Å². The van der Waals surface area contributed by atoms with Gasteiger partial charge in [0.25, 0.3) is 5.91 Å². The Balaban J connectivity index is 1.57. The summed E-state index contributed by atoms with van der Waals surface area (Å²) in [6.45, 7) is 3.72. The molecule has 3 heterocycles. The Morgan fingerprint density at radius 2 is 2.21 bits per heavy atom. The number of fused-ring (bicyclic) bond motifs is 1. The molecule has 7 heteroatoms. The lowest BCUT2D eigenvalue weighted by molar-refractivity contribution is 0.0940. The summed E-state index contributed by atoms with van der Waals surface area (Å²) in [6, 6.07) is 12.0. The summed E-state index contributed by atoms with van der Waals surface area (Å²) in [5.74, 6) is 0.267. The molecule has 0 unspecified atom stereocenters. The third-order valence-corrected chi connectivity index (χ3v) is 6.83. The first kappa shape index (κ1) is 20.3. The lowest BCUT2D eigenvalue weighted by Crippen LogP contribution is -2.27. The van der Waals surface area contributed by atoms with Crippen LogP contribution in [-0.4, -0.2) is 49.1 Å². The van der Waals surface area contributed by atoms with Crippen molar-refractivity contribution in [2.45, 2.75) is 18.9 Å². The summed E-state index contributed by atoms with van der Waals surface area (Å²) < 4.78 is 5.06. The number of carbonyl (C=O) groups excluding carboxylic acids is 1. The van der Waals surface area contributed by atoms with Gasteiger partial charge >= 0.3 is 0 Å². The first-order valence-electron chi connectivity index (χ1n) is 9.77. The fourth-order valence-corrected chi connectivity index (χ4v) is 5.29. The third-order valence-electron chi connectivity index (χ3n) is 5.34. The number of likely N-dealkylation sites (tertiary alicyclic amines) is 1. The van der Waals surface area contributed by atoms with Crippen molar-refractivity contribution in [1.29, 1.82) is 0 Å². The number of methoxy groups -OCH3 is 1. The molecule has 5 nitrogen and oxygen atoms in total. The Bertz CT molecular complexity index is 1010. The molecule has 0 saturated carbocycles. The number of ether oxygens (including phenoxy) is 1. The number of rotatable bonds is 7. The molecule has 1 fully saturated rings. The van der Waals surface area contributed by atoms with E-state index in [9.17, 15) is 4.79 Å².